The van der Waals surface area contributed by atoms with Crippen molar-refractivity contribution < 1.29 is 4.42 Å². The van der Waals surface area contributed by atoms with Crippen LogP contribution >= 0.6 is 11.6 Å². The number of hydrogen-bond acceptors (Lipinski definition) is 3. The van der Waals surface area contributed by atoms with Gasteiger partial charge in [-0.2, -0.15) is 0 Å². The molecular formula is C14H8ClNO2. The first-order valence-electron chi connectivity index (χ1n) is 5.39. The molecule has 0 spiro atoms. The average Bonchev–Trinajstić information content (AvgIpc) is 2.39. The topological polar surface area (TPSA) is 43.1 Å². The Kier molecular flexibility index (Phi) is 2.61. The fraction of sp³-hybridized carbons (Fsp3) is 0. The zero-order valence-corrected chi connectivity index (χ0v) is 10.0. The predicted molar refractivity (Wildman–Crippen MR) is 70.7 cm³/mol. The highest BCUT2D eigenvalue weighted by atomic mass is 35.5. The van der Waals surface area contributed by atoms with E-state index >= 15 is 0 Å². The Labute approximate surface area is 108 Å². The summed E-state index contributed by atoms with van der Waals surface area (Å²) in [7, 11) is 0. The monoisotopic (exact) mass is 257 g/mol. The number of halogens is 1. The van der Waals surface area contributed by atoms with E-state index in [0.717, 1.165) is 5.39 Å². The first-order chi connectivity index (χ1) is 8.74. The molecule has 0 N–H and O–H groups in total. The third-order valence-electron chi connectivity index (χ3n) is 2.68. The highest BCUT2D eigenvalue weighted by Gasteiger charge is 2.07. The summed E-state index contributed by atoms with van der Waals surface area (Å²) in [5.74, 6) is 0. The van der Waals surface area contributed by atoms with Gasteiger partial charge in [-0.15, -0.1) is 0 Å². The van der Waals surface area contributed by atoms with E-state index in [1.54, 1.807) is 30.5 Å². The van der Waals surface area contributed by atoms with Gasteiger partial charge in [0.2, 0.25) is 0 Å². The van der Waals surface area contributed by atoms with E-state index in [9.17, 15) is 4.79 Å². The average molecular weight is 258 g/mol. The molecule has 4 heteroatoms. The fourth-order valence-corrected chi connectivity index (χ4v) is 1.91. The van der Waals surface area contributed by atoms with Gasteiger partial charge in [0.1, 0.15) is 10.7 Å². The minimum atomic E-state index is -0.377. The maximum Gasteiger partial charge on any atom is 0.344 e. The normalized spacial score (nSPS) is 10.7. The van der Waals surface area contributed by atoms with Crippen molar-refractivity contribution in [1.29, 1.82) is 0 Å². The second-order valence-electron chi connectivity index (χ2n) is 3.85. The van der Waals surface area contributed by atoms with E-state index in [4.69, 9.17) is 16.0 Å². The minimum absolute atomic E-state index is 0.377. The molecule has 0 saturated heterocycles. The standard InChI is InChI=1S/C14H8ClNO2/c15-13-6-5-10(8-16-13)11-7-9-3-1-2-4-12(9)18-14(11)17/h1-8H. The quantitative estimate of drug-likeness (QED) is 0.495. The van der Waals surface area contributed by atoms with E-state index in [0.29, 0.717) is 21.9 Å². The molecule has 0 aliphatic heterocycles. The minimum Gasteiger partial charge on any atom is -0.422 e. The summed E-state index contributed by atoms with van der Waals surface area (Å²) in [6, 6.07) is 12.6. The lowest BCUT2D eigenvalue weighted by atomic mass is 10.1. The Bertz CT molecular complexity index is 763. The summed E-state index contributed by atoms with van der Waals surface area (Å²) < 4.78 is 5.26. The van der Waals surface area contributed by atoms with Crippen LogP contribution in [0.2, 0.25) is 5.15 Å². The molecule has 0 amide bonds. The molecule has 88 valence electrons. The van der Waals surface area contributed by atoms with Crippen LogP contribution in [-0.4, -0.2) is 4.98 Å². The highest BCUT2D eigenvalue weighted by Crippen LogP contribution is 2.21. The lowest BCUT2D eigenvalue weighted by Gasteiger charge is -2.01. The van der Waals surface area contributed by atoms with Crippen LogP contribution in [0, 0.1) is 0 Å². The van der Waals surface area contributed by atoms with Crippen LogP contribution in [0.25, 0.3) is 22.1 Å². The van der Waals surface area contributed by atoms with Crippen LogP contribution in [0.15, 0.2) is 57.9 Å². The van der Waals surface area contributed by atoms with Gasteiger partial charge in [-0.1, -0.05) is 29.8 Å². The smallest absolute Gasteiger partial charge is 0.344 e. The molecular weight excluding hydrogens is 250 g/mol. The van der Waals surface area contributed by atoms with E-state index in [-0.39, 0.29) is 5.63 Å². The van der Waals surface area contributed by atoms with Crippen molar-refractivity contribution in [3.63, 3.8) is 0 Å². The second kappa shape index (κ2) is 4.27. The van der Waals surface area contributed by atoms with Crippen molar-refractivity contribution in [2.75, 3.05) is 0 Å². The Morgan fingerprint density at radius 2 is 1.94 bits per heavy atom. The third kappa shape index (κ3) is 1.89. The molecule has 3 nitrogen and oxygen atoms in total. The van der Waals surface area contributed by atoms with Crippen molar-refractivity contribution in [2.45, 2.75) is 0 Å². The molecule has 2 heterocycles. The van der Waals surface area contributed by atoms with Crippen molar-refractivity contribution in [3.05, 3.63) is 64.2 Å². The summed E-state index contributed by atoms with van der Waals surface area (Å²) >= 11 is 5.72. The van der Waals surface area contributed by atoms with Gasteiger partial charge in [0.25, 0.3) is 0 Å². The molecule has 0 fully saturated rings. The van der Waals surface area contributed by atoms with Gasteiger partial charge >= 0.3 is 5.63 Å². The van der Waals surface area contributed by atoms with Gasteiger partial charge in [-0.25, -0.2) is 9.78 Å². The summed E-state index contributed by atoms with van der Waals surface area (Å²) in [5.41, 5.74) is 1.38. The molecule has 0 atom stereocenters. The molecule has 0 bridgehead atoms. The van der Waals surface area contributed by atoms with Crippen molar-refractivity contribution in [2.24, 2.45) is 0 Å². The van der Waals surface area contributed by atoms with Crippen LogP contribution < -0.4 is 5.63 Å². The number of rotatable bonds is 1. The number of fused-ring (bicyclic) bond motifs is 1. The predicted octanol–water partition coefficient (Wildman–Crippen LogP) is 3.51. The van der Waals surface area contributed by atoms with Gasteiger partial charge in [0, 0.05) is 17.1 Å². The first-order valence-corrected chi connectivity index (χ1v) is 5.77. The molecule has 0 aliphatic carbocycles. The third-order valence-corrected chi connectivity index (χ3v) is 2.90. The fourth-order valence-electron chi connectivity index (χ4n) is 1.80. The van der Waals surface area contributed by atoms with Crippen LogP contribution in [0.3, 0.4) is 0 Å². The van der Waals surface area contributed by atoms with Gasteiger partial charge in [0.15, 0.2) is 0 Å². The molecule has 0 radical (unpaired) electrons. The lowest BCUT2D eigenvalue weighted by molar-refractivity contribution is 0.563. The maximum atomic E-state index is 11.9. The SMILES string of the molecule is O=c1oc2ccccc2cc1-c1ccc(Cl)nc1. The number of aromatic nitrogens is 1. The Morgan fingerprint density at radius 3 is 2.72 bits per heavy atom. The number of pyridine rings is 1. The summed E-state index contributed by atoms with van der Waals surface area (Å²) in [4.78, 5) is 15.9. The van der Waals surface area contributed by atoms with Gasteiger partial charge in [-0.3, -0.25) is 0 Å². The Balaban J connectivity index is 2.26. The molecule has 1 aromatic carbocycles. The summed E-state index contributed by atoms with van der Waals surface area (Å²) in [6.07, 6.45) is 1.56. The van der Waals surface area contributed by atoms with Gasteiger partial charge < -0.3 is 4.42 Å². The van der Waals surface area contributed by atoms with E-state index in [1.807, 2.05) is 18.2 Å². The largest absolute Gasteiger partial charge is 0.422 e. The summed E-state index contributed by atoms with van der Waals surface area (Å²) in [5, 5.41) is 1.27. The van der Waals surface area contributed by atoms with E-state index in [2.05, 4.69) is 4.98 Å². The van der Waals surface area contributed by atoms with E-state index in [1.165, 1.54) is 0 Å². The molecule has 0 aliphatic rings. The second-order valence-corrected chi connectivity index (χ2v) is 4.24. The van der Waals surface area contributed by atoms with Gasteiger partial charge in [-0.05, 0) is 24.3 Å². The molecule has 3 aromatic rings. The first kappa shape index (κ1) is 11.0. The van der Waals surface area contributed by atoms with Gasteiger partial charge in [0.05, 0.1) is 5.56 Å². The Morgan fingerprint density at radius 1 is 1.11 bits per heavy atom. The molecule has 0 unspecified atom stereocenters. The van der Waals surface area contributed by atoms with Crippen LogP contribution in [-0.2, 0) is 0 Å². The summed E-state index contributed by atoms with van der Waals surface area (Å²) in [6.45, 7) is 0. The molecule has 0 saturated carbocycles. The van der Waals surface area contributed by atoms with Crippen LogP contribution in [0.1, 0.15) is 0 Å². The zero-order valence-electron chi connectivity index (χ0n) is 9.26. The highest BCUT2D eigenvalue weighted by molar-refractivity contribution is 6.29. The molecule has 2 aromatic heterocycles. The molecule has 18 heavy (non-hydrogen) atoms. The zero-order chi connectivity index (χ0) is 12.5. The van der Waals surface area contributed by atoms with Crippen LogP contribution in [0.4, 0.5) is 0 Å². The number of hydrogen-bond donors (Lipinski definition) is 0. The molecule has 3 rings (SSSR count). The van der Waals surface area contributed by atoms with Crippen molar-refractivity contribution in [3.8, 4) is 11.1 Å². The van der Waals surface area contributed by atoms with Crippen molar-refractivity contribution >= 4 is 22.6 Å². The van der Waals surface area contributed by atoms with E-state index < -0.39 is 0 Å². The van der Waals surface area contributed by atoms with Crippen LogP contribution in [0.5, 0.6) is 0 Å². The number of para-hydroxylation sites is 1. The van der Waals surface area contributed by atoms with Crippen molar-refractivity contribution in [1.82, 2.24) is 4.98 Å². The lowest BCUT2D eigenvalue weighted by Crippen LogP contribution is -2.02. The maximum absolute atomic E-state index is 11.9. The number of nitrogens with zero attached hydrogens (tertiary/aromatic N) is 1. The number of benzene rings is 1. The Hall–Kier alpha value is -2.13.